The van der Waals surface area contributed by atoms with E-state index in [1.807, 2.05) is 11.8 Å². The van der Waals surface area contributed by atoms with Crippen molar-refractivity contribution in [2.24, 2.45) is 0 Å². The van der Waals surface area contributed by atoms with E-state index in [4.69, 9.17) is 0 Å². The third kappa shape index (κ3) is 7.68. The Labute approximate surface area is 96.8 Å². The van der Waals surface area contributed by atoms with Crippen LogP contribution in [0.1, 0.15) is 32.1 Å². The Kier molecular flexibility index (Phi) is 6.85. The van der Waals surface area contributed by atoms with Gasteiger partial charge in [-0.2, -0.15) is 11.8 Å². The monoisotopic (exact) mass is 230 g/mol. The van der Waals surface area contributed by atoms with Gasteiger partial charge in [0.1, 0.15) is 0 Å². The first-order valence-electron chi connectivity index (χ1n) is 5.82. The average Bonchev–Trinajstić information content (AvgIpc) is 3.00. The number of carbonyl (C=O) groups excluding carboxylic acids is 1. The number of rotatable bonds is 9. The third-order valence-electron chi connectivity index (χ3n) is 2.40. The van der Waals surface area contributed by atoms with Gasteiger partial charge in [-0.15, -0.1) is 0 Å². The van der Waals surface area contributed by atoms with Crippen molar-refractivity contribution < 1.29 is 4.79 Å². The standard InChI is InChI=1S/C11H22N2OS/c1-15-9-3-8-12-7-2-4-11(14)13-10-5-6-10/h10,12H,2-9H2,1H3,(H,13,14). The summed E-state index contributed by atoms with van der Waals surface area (Å²) in [4.78, 5) is 11.3. The van der Waals surface area contributed by atoms with E-state index in [9.17, 15) is 4.79 Å². The van der Waals surface area contributed by atoms with E-state index in [1.54, 1.807) is 0 Å². The van der Waals surface area contributed by atoms with Gasteiger partial charge in [0.15, 0.2) is 0 Å². The van der Waals surface area contributed by atoms with Crippen LogP contribution >= 0.6 is 11.8 Å². The largest absolute Gasteiger partial charge is 0.353 e. The first-order valence-corrected chi connectivity index (χ1v) is 7.21. The average molecular weight is 230 g/mol. The van der Waals surface area contributed by atoms with Gasteiger partial charge in [-0.1, -0.05) is 0 Å². The molecule has 0 unspecified atom stereocenters. The van der Waals surface area contributed by atoms with E-state index in [2.05, 4.69) is 16.9 Å². The van der Waals surface area contributed by atoms with Crippen molar-refractivity contribution in [3.05, 3.63) is 0 Å². The van der Waals surface area contributed by atoms with E-state index >= 15 is 0 Å². The highest BCUT2D eigenvalue weighted by Crippen LogP contribution is 2.18. The molecule has 1 saturated carbocycles. The molecule has 0 spiro atoms. The molecule has 4 heteroatoms. The van der Waals surface area contributed by atoms with Gasteiger partial charge < -0.3 is 10.6 Å². The number of amides is 1. The summed E-state index contributed by atoms with van der Waals surface area (Å²) < 4.78 is 0. The number of nitrogens with one attached hydrogen (secondary N) is 2. The molecule has 0 saturated heterocycles. The van der Waals surface area contributed by atoms with Crippen molar-refractivity contribution in [3.63, 3.8) is 0 Å². The molecule has 0 aromatic carbocycles. The molecule has 2 N–H and O–H groups in total. The van der Waals surface area contributed by atoms with Gasteiger partial charge >= 0.3 is 0 Å². The summed E-state index contributed by atoms with van der Waals surface area (Å²) in [6, 6.07) is 0.507. The van der Waals surface area contributed by atoms with E-state index in [1.165, 1.54) is 25.0 Å². The summed E-state index contributed by atoms with van der Waals surface area (Å²) in [5, 5.41) is 6.35. The van der Waals surface area contributed by atoms with E-state index in [-0.39, 0.29) is 5.91 Å². The Balaban J connectivity index is 1.77. The predicted octanol–water partition coefficient (Wildman–Crippen LogP) is 1.39. The Morgan fingerprint density at radius 2 is 2.07 bits per heavy atom. The van der Waals surface area contributed by atoms with Crippen LogP contribution in [-0.2, 0) is 4.79 Å². The molecule has 0 aromatic rings. The van der Waals surface area contributed by atoms with Crippen molar-refractivity contribution >= 4 is 17.7 Å². The molecule has 1 aliphatic carbocycles. The molecule has 0 heterocycles. The second kappa shape index (κ2) is 7.99. The van der Waals surface area contributed by atoms with Crippen molar-refractivity contribution in [3.8, 4) is 0 Å². The summed E-state index contributed by atoms with van der Waals surface area (Å²) >= 11 is 1.88. The topological polar surface area (TPSA) is 41.1 Å². The Bertz CT molecular complexity index is 183. The number of carbonyl (C=O) groups is 1. The van der Waals surface area contributed by atoms with Crippen LogP contribution < -0.4 is 10.6 Å². The first-order chi connectivity index (χ1) is 7.33. The van der Waals surface area contributed by atoms with Crippen molar-refractivity contribution in [1.29, 1.82) is 0 Å². The summed E-state index contributed by atoms with van der Waals surface area (Å²) in [5.41, 5.74) is 0. The lowest BCUT2D eigenvalue weighted by atomic mass is 10.3. The van der Waals surface area contributed by atoms with Crippen molar-refractivity contribution in [1.82, 2.24) is 10.6 Å². The highest BCUT2D eigenvalue weighted by Gasteiger charge is 2.22. The second-order valence-corrected chi connectivity index (χ2v) is 5.03. The summed E-state index contributed by atoms with van der Waals surface area (Å²) in [6.07, 6.45) is 7.33. The molecule has 0 bridgehead atoms. The quantitative estimate of drug-likeness (QED) is 0.588. The van der Waals surface area contributed by atoms with Gasteiger partial charge in [0.2, 0.25) is 5.91 Å². The molecule has 1 rings (SSSR count). The van der Waals surface area contributed by atoms with Crippen molar-refractivity contribution in [2.75, 3.05) is 25.1 Å². The van der Waals surface area contributed by atoms with Gasteiger partial charge in [-0.3, -0.25) is 4.79 Å². The third-order valence-corrected chi connectivity index (χ3v) is 3.10. The molecule has 1 amide bonds. The van der Waals surface area contributed by atoms with Crippen LogP contribution in [0.15, 0.2) is 0 Å². The molecule has 0 atom stereocenters. The fourth-order valence-corrected chi connectivity index (χ4v) is 1.80. The highest BCUT2D eigenvalue weighted by molar-refractivity contribution is 7.98. The molecule has 1 aliphatic rings. The summed E-state index contributed by atoms with van der Waals surface area (Å²) in [6.45, 7) is 2.04. The van der Waals surface area contributed by atoms with Crippen LogP contribution in [0.25, 0.3) is 0 Å². The van der Waals surface area contributed by atoms with Crippen LogP contribution in [0.3, 0.4) is 0 Å². The van der Waals surface area contributed by atoms with Gasteiger partial charge in [0.25, 0.3) is 0 Å². The zero-order chi connectivity index (χ0) is 10.9. The Hall–Kier alpha value is -0.220. The van der Waals surface area contributed by atoms with Crippen LogP contribution in [-0.4, -0.2) is 37.0 Å². The zero-order valence-corrected chi connectivity index (χ0v) is 10.4. The SMILES string of the molecule is CSCCCNCCCC(=O)NC1CC1. The maximum absolute atomic E-state index is 11.3. The molecule has 0 aromatic heterocycles. The lowest BCUT2D eigenvalue weighted by Crippen LogP contribution is -2.26. The van der Waals surface area contributed by atoms with E-state index in [0.717, 1.165) is 19.5 Å². The molecule has 88 valence electrons. The number of hydrogen-bond acceptors (Lipinski definition) is 3. The maximum atomic E-state index is 11.3. The normalized spacial score (nSPS) is 15.3. The summed E-state index contributed by atoms with van der Waals surface area (Å²) in [7, 11) is 0. The van der Waals surface area contributed by atoms with Gasteiger partial charge in [-0.25, -0.2) is 0 Å². The van der Waals surface area contributed by atoms with Gasteiger partial charge in [-0.05, 0) is 50.8 Å². The molecule has 15 heavy (non-hydrogen) atoms. The molecular formula is C11H22N2OS. The predicted molar refractivity (Wildman–Crippen MR) is 66.3 cm³/mol. The fraction of sp³-hybridized carbons (Fsp3) is 0.909. The Morgan fingerprint density at radius 3 is 2.73 bits per heavy atom. The lowest BCUT2D eigenvalue weighted by Gasteiger charge is -2.04. The maximum Gasteiger partial charge on any atom is 0.220 e. The lowest BCUT2D eigenvalue weighted by molar-refractivity contribution is -0.121. The first kappa shape index (κ1) is 12.8. The van der Waals surface area contributed by atoms with Crippen LogP contribution in [0.5, 0.6) is 0 Å². The minimum absolute atomic E-state index is 0.225. The molecule has 0 radical (unpaired) electrons. The van der Waals surface area contributed by atoms with Crippen LogP contribution in [0.2, 0.25) is 0 Å². The highest BCUT2D eigenvalue weighted by atomic mass is 32.2. The van der Waals surface area contributed by atoms with E-state index in [0.29, 0.717) is 12.5 Å². The van der Waals surface area contributed by atoms with Crippen LogP contribution in [0, 0.1) is 0 Å². The fourth-order valence-electron chi connectivity index (χ4n) is 1.37. The smallest absolute Gasteiger partial charge is 0.220 e. The summed E-state index contributed by atoms with van der Waals surface area (Å²) in [5.74, 6) is 1.44. The second-order valence-electron chi connectivity index (χ2n) is 4.04. The minimum Gasteiger partial charge on any atom is -0.353 e. The Morgan fingerprint density at radius 1 is 1.33 bits per heavy atom. The minimum atomic E-state index is 0.225. The van der Waals surface area contributed by atoms with Gasteiger partial charge in [0.05, 0.1) is 0 Å². The van der Waals surface area contributed by atoms with E-state index < -0.39 is 0 Å². The number of thioether (sulfide) groups is 1. The zero-order valence-electron chi connectivity index (χ0n) is 9.55. The number of hydrogen-bond donors (Lipinski definition) is 2. The molecule has 1 fully saturated rings. The van der Waals surface area contributed by atoms with Crippen LogP contribution in [0.4, 0.5) is 0 Å². The van der Waals surface area contributed by atoms with Crippen molar-refractivity contribution in [2.45, 2.75) is 38.1 Å². The molecule has 3 nitrogen and oxygen atoms in total. The molecule has 0 aliphatic heterocycles. The van der Waals surface area contributed by atoms with Gasteiger partial charge in [0, 0.05) is 12.5 Å². The molecular weight excluding hydrogens is 208 g/mol.